The maximum absolute atomic E-state index is 14.0. The van der Waals surface area contributed by atoms with Crippen LogP contribution in [0.2, 0.25) is 0 Å². The number of benzene rings is 1. The number of imidazole rings is 1. The largest absolute Gasteiger partial charge is 0.425 e. The fourth-order valence-corrected chi connectivity index (χ4v) is 2.67. The molecule has 4 rings (SSSR count). The van der Waals surface area contributed by atoms with Crippen LogP contribution in [0.15, 0.2) is 47.8 Å². The van der Waals surface area contributed by atoms with Gasteiger partial charge in [-0.3, -0.25) is 0 Å². The third-order valence-corrected chi connectivity index (χ3v) is 3.90. The highest BCUT2D eigenvalue weighted by atomic mass is 19.4. The first-order valence-corrected chi connectivity index (χ1v) is 7.64. The molecule has 6 nitrogen and oxygen atoms in total. The number of hydrazine groups is 1. The summed E-state index contributed by atoms with van der Waals surface area (Å²) in [4.78, 5) is 12.1. The molecule has 134 valence electrons. The van der Waals surface area contributed by atoms with Crippen LogP contribution < -0.4 is 10.9 Å². The van der Waals surface area contributed by atoms with E-state index in [9.17, 15) is 17.6 Å². The van der Waals surface area contributed by atoms with Gasteiger partial charge in [-0.1, -0.05) is 18.2 Å². The number of amidine groups is 1. The van der Waals surface area contributed by atoms with Gasteiger partial charge in [0.05, 0.1) is 5.69 Å². The van der Waals surface area contributed by atoms with E-state index in [1.807, 2.05) is 0 Å². The Bertz CT molecular complexity index is 994. The molecule has 2 N–H and O–H groups in total. The van der Waals surface area contributed by atoms with Crippen molar-refractivity contribution in [2.24, 2.45) is 4.99 Å². The second-order valence-corrected chi connectivity index (χ2v) is 5.69. The highest BCUT2D eigenvalue weighted by Gasteiger charge is 2.42. The summed E-state index contributed by atoms with van der Waals surface area (Å²) in [7, 11) is 0. The topological polar surface area (TPSA) is 66.6 Å². The zero-order valence-corrected chi connectivity index (χ0v) is 13.1. The Morgan fingerprint density at radius 3 is 2.73 bits per heavy atom. The first-order valence-electron chi connectivity index (χ1n) is 7.64. The average molecular weight is 364 g/mol. The van der Waals surface area contributed by atoms with Gasteiger partial charge in [0.1, 0.15) is 11.5 Å². The molecule has 0 amide bonds. The quantitative estimate of drug-likeness (QED) is 0.700. The summed E-state index contributed by atoms with van der Waals surface area (Å²) in [6.45, 7) is 0. The van der Waals surface area contributed by atoms with Crippen LogP contribution in [0.4, 0.5) is 17.6 Å². The number of rotatable bonds is 3. The van der Waals surface area contributed by atoms with Crippen LogP contribution in [0.5, 0.6) is 0 Å². The monoisotopic (exact) mass is 364 g/mol. The predicted octanol–water partition coefficient (Wildman–Crippen LogP) is 2.20. The lowest BCUT2D eigenvalue weighted by molar-refractivity contribution is -0.152. The van der Waals surface area contributed by atoms with E-state index in [0.29, 0.717) is 16.9 Å². The molecule has 0 radical (unpaired) electrons. The van der Waals surface area contributed by atoms with Crippen molar-refractivity contribution in [2.75, 3.05) is 0 Å². The molecule has 26 heavy (non-hydrogen) atoms. The Hall–Kier alpha value is -3.01. The molecule has 10 heteroatoms. The second kappa shape index (κ2) is 6.06. The van der Waals surface area contributed by atoms with E-state index in [1.54, 1.807) is 28.8 Å². The molecular weight excluding hydrogens is 352 g/mol. The van der Waals surface area contributed by atoms with E-state index in [2.05, 4.69) is 25.8 Å². The Kier molecular flexibility index (Phi) is 3.83. The van der Waals surface area contributed by atoms with Crippen LogP contribution >= 0.6 is 0 Å². The predicted molar refractivity (Wildman–Crippen MR) is 84.8 cm³/mol. The highest BCUT2D eigenvalue weighted by molar-refractivity contribution is 5.97. The van der Waals surface area contributed by atoms with Crippen molar-refractivity contribution in [3.05, 3.63) is 65.6 Å². The van der Waals surface area contributed by atoms with E-state index >= 15 is 0 Å². The van der Waals surface area contributed by atoms with E-state index < -0.39 is 12.3 Å². The van der Waals surface area contributed by atoms with Gasteiger partial charge in [0.2, 0.25) is 6.17 Å². The smallest absolute Gasteiger partial charge is 0.303 e. The Morgan fingerprint density at radius 1 is 1.19 bits per heavy atom. The molecule has 0 saturated carbocycles. The van der Waals surface area contributed by atoms with E-state index in [-0.39, 0.29) is 23.8 Å². The zero-order chi connectivity index (χ0) is 18.3. The van der Waals surface area contributed by atoms with Crippen LogP contribution in [-0.2, 0) is 6.42 Å². The van der Waals surface area contributed by atoms with Crippen LogP contribution in [0.3, 0.4) is 0 Å². The van der Waals surface area contributed by atoms with Gasteiger partial charge < -0.3 is 9.83 Å². The standard InChI is InChI=1S/C16H12F4N6/c17-10-4-2-1-3-9(10)7-11-14-21-5-6-26(14)8-12(22-11)13-23-15(25-24-13)16(18,19)20/h1-6,8,15,25H,7H2,(H,23,24). The first-order chi connectivity index (χ1) is 12.4. The van der Waals surface area contributed by atoms with Gasteiger partial charge in [-0.2, -0.15) is 13.2 Å². The van der Waals surface area contributed by atoms with Crippen LogP contribution in [0, 0.1) is 5.82 Å². The molecule has 0 bridgehead atoms. The Labute approximate surface area is 144 Å². The summed E-state index contributed by atoms with van der Waals surface area (Å²) in [6.07, 6.45) is -1.75. The second-order valence-electron chi connectivity index (χ2n) is 5.69. The number of aromatic nitrogens is 3. The number of hydrogen-bond donors (Lipinski definition) is 2. The van der Waals surface area contributed by atoms with Crippen LogP contribution in [-0.4, -0.2) is 32.5 Å². The van der Waals surface area contributed by atoms with Gasteiger partial charge in [0, 0.05) is 25.0 Å². The van der Waals surface area contributed by atoms with Gasteiger partial charge >= 0.3 is 6.18 Å². The molecule has 3 aromatic rings. The van der Waals surface area contributed by atoms with Gasteiger partial charge in [0.15, 0.2) is 11.5 Å². The summed E-state index contributed by atoms with van der Waals surface area (Å²) < 4.78 is 53.9. The van der Waals surface area contributed by atoms with Gasteiger partial charge in [-0.05, 0) is 11.6 Å². The van der Waals surface area contributed by atoms with Gasteiger partial charge in [0.25, 0.3) is 0 Å². The number of halogens is 4. The molecule has 1 unspecified atom stereocenters. The van der Waals surface area contributed by atoms with Gasteiger partial charge in [-0.15, -0.1) is 0 Å². The van der Waals surface area contributed by atoms with Gasteiger partial charge in [-0.25, -0.2) is 24.8 Å². The molecule has 1 aliphatic heterocycles. The minimum Gasteiger partial charge on any atom is -0.303 e. The molecule has 2 aromatic heterocycles. The maximum Gasteiger partial charge on any atom is 0.425 e. The molecule has 1 aliphatic rings. The number of hydrogen-bond acceptors (Lipinski definition) is 5. The number of aliphatic imine (C=N–C) groups is 1. The third-order valence-electron chi connectivity index (χ3n) is 3.90. The Balaban J connectivity index is 1.75. The van der Waals surface area contributed by atoms with Crippen molar-refractivity contribution in [1.82, 2.24) is 25.2 Å². The molecule has 0 saturated heterocycles. The van der Waals surface area contributed by atoms with Crippen molar-refractivity contribution >= 4 is 11.5 Å². The minimum atomic E-state index is -4.52. The molecular formula is C16H12F4N6. The number of nitrogens with zero attached hydrogens (tertiary/aromatic N) is 4. The van der Waals surface area contributed by atoms with Crippen molar-refractivity contribution in [2.45, 2.75) is 18.8 Å². The van der Waals surface area contributed by atoms with Crippen molar-refractivity contribution < 1.29 is 17.6 Å². The molecule has 0 aliphatic carbocycles. The zero-order valence-electron chi connectivity index (χ0n) is 13.1. The lowest BCUT2D eigenvalue weighted by Gasteiger charge is -2.10. The first kappa shape index (κ1) is 16.5. The summed E-state index contributed by atoms with van der Waals surface area (Å²) in [6, 6.07) is 6.23. The van der Waals surface area contributed by atoms with E-state index in [1.165, 1.54) is 18.5 Å². The minimum absolute atomic E-state index is 0.0438. The maximum atomic E-state index is 14.0. The summed E-state index contributed by atoms with van der Waals surface area (Å²) >= 11 is 0. The number of alkyl halides is 3. The normalized spacial score (nSPS) is 17.4. The molecule has 1 aromatic carbocycles. The fourth-order valence-electron chi connectivity index (χ4n) is 2.67. The lowest BCUT2D eigenvalue weighted by atomic mass is 10.1. The van der Waals surface area contributed by atoms with Crippen molar-refractivity contribution in [3.63, 3.8) is 0 Å². The lowest BCUT2D eigenvalue weighted by Crippen LogP contribution is -2.43. The number of nitrogens with one attached hydrogen (secondary N) is 2. The van der Waals surface area contributed by atoms with E-state index in [0.717, 1.165) is 0 Å². The molecule has 1 atom stereocenters. The average Bonchev–Trinajstić information content (AvgIpc) is 3.25. The Morgan fingerprint density at radius 2 is 2.00 bits per heavy atom. The summed E-state index contributed by atoms with van der Waals surface area (Å²) in [5.74, 6) is -0.433. The van der Waals surface area contributed by atoms with Crippen molar-refractivity contribution in [1.29, 1.82) is 0 Å². The molecule has 0 spiro atoms. The van der Waals surface area contributed by atoms with Crippen LogP contribution in [0.25, 0.3) is 5.65 Å². The number of fused-ring (bicyclic) bond motifs is 1. The summed E-state index contributed by atoms with van der Waals surface area (Å²) in [5.41, 5.74) is 5.99. The van der Waals surface area contributed by atoms with Crippen LogP contribution in [0.1, 0.15) is 17.0 Å². The summed E-state index contributed by atoms with van der Waals surface area (Å²) in [5, 5.41) is 0. The highest BCUT2D eigenvalue weighted by Crippen LogP contribution is 2.23. The molecule has 0 fully saturated rings. The SMILES string of the molecule is Fc1ccccc1Cc1nc(C2=NC(C(F)(F)F)NN2)cn2ccnc12. The van der Waals surface area contributed by atoms with E-state index in [4.69, 9.17) is 0 Å². The van der Waals surface area contributed by atoms with Crippen molar-refractivity contribution in [3.8, 4) is 0 Å². The fraction of sp³-hybridized carbons (Fsp3) is 0.188. The molecule has 3 heterocycles. The third kappa shape index (κ3) is 2.99.